The Kier molecular flexibility index (Phi) is 3.31. The first-order chi connectivity index (χ1) is 9.30. The predicted octanol–water partition coefficient (Wildman–Crippen LogP) is 3.91. The summed E-state index contributed by atoms with van der Waals surface area (Å²) in [6.07, 6.45) is 0.792. The Morgan fingerprint density at radius 1 is 1.20 bits per heavy atom. The van der Waals surface area contributed by atoms with Gasteiger partial charge in [0.2, 0.25) is 0 Å². The van der Waals surface area contributed by atoms with Crippen molar-refractivity contribution in [1.82, 2.24) is 0 Å². The van der Waals surface area contributed by atoms with Crippen molar-refractivity contribution in [2.75, 3.05) is 6.61 Å². The summed E-state index contributed by atoms with van der Waals surface area (Å²) in [5, 5.41) is 0.680. The maximum atomic E-state index is 6.15. The molecule has 0 saturated carbocycles. The molecule has 1 atom stereocenters. The molecule has 2 heterocycles. The average Bonchev–Trinajstić information content (AvgIpc) is 2.80. The minimum Gasteiger partial charge on any atom is -0.491 e. The Bertz CT molecular complexity index is 514. The molecule has 1 aromatic rings. The predicted molar refractivity (Wildman–Crippen MR) is 80.6 cm³/mol. The van der Waals surface area contributed by atoms with Crippen molar-refractivity contribution >= 4 is 18.7 Å². The van der Waals surface area contributed by atoms with Gasteiger partial charge in [-0.2, -0.15) is 0 Å². The maximum absolute atomic E-state index is 6.15. The van der Waals surface area contributed by atoms with E-state index < -0.39 is 0 Å². The van der Waals surface area contributed by atoms with Crippen LogP contribution in [0.5, 0.6) is 5.75 Å². The quantitative estimate of drug-likeness (QED) is 0.774. The zero-order valence-electron chi connectivity index (χ0n) is 12.4. The van der Waals surface area contributed by atoms with Crippen LogP contribution in [0.25, 0.3) is 0 Å². The van der Waals surface area contributed by atoms with E-state index in [0.717, 1.165) is 17.6 Å². The Morgan fingerprint density at radius 2 is 1.85 bits per heavy atom. The molecule has 3 rings (SSSR count). The van der Waals surface area contributed by atoms with E-state index >= 15 is 0 Å². The van der Waals surface area contributed by atoms with E-state index in [1.165, 1.54) is 0 Å². The van der Waals surface area contributed by atoms with Gasteiger partial charge in [0.1, 0.15) is 5.75 Å². The first-order valence-corrected chi connectivity index (χ1v) is 7.45. The van der Waals surface area contributed by atoms with E-state index in [0.29, 0.717) is 11.6 Å². The van der Waals surface area contributed by atoms with Gasteiger partial charge in [-0.25, -0.2) is 0 Å². The molecule has 0 N–H and O–H groups in total. The van der Waals surface area contributed by atoms with Crippen molar-refractivity contribution in [2.24, 2.45) is 0 Å². The van der Waals surface area contributed by atoms with E-state index in [1.807, 2.05) is 12.1 Å². The average molecular weight is 295 g/mol. The number of fused-ring (bicyclic) bond motifs is 1. The number of ether oxygens (including phenoxy) is 1. The normalized spacial score (nSPS) is 26.4. The number of halogens is 1. The number of hydrogen-bond acceptors (Lipinski definition) is 3. The topological polar surface area (TPSA) is 27.7 Å². The molecule has 2 aliphatic rings. The summed E-state index contributed by atoms with van der Waals surface area (Å²) in [4.78, 5) is 0. The minimum absolute atomic E-state index is 0.196. The van der Waals surface area contributed by atoms with Crippen molar-refractivity contribution < 1.29 is 14.0 Å². The fourth-order valence-corrected chi connectivity index (χ4v) is 3.00. The lowest BCUT2D eigenvalue weighted by molar-refractivity contribution is 0.00578. The Hall–Kier alpha value is -0.705. The molecular weight excluding hydrogens is 274 g/mol. The van der Waals surface area contributed by atoms with Gasteiger partial charge in [-0.1, -0.05) is 23.7 Å². The SMILES string of the molecule is CC1(C)OB(C[C@H]2COc3c(Cl)cccc32)OC1(C)C. The van der Waals surface area contributed by atoms with Crippen LogP contribution in [-0.4, -0.2) is 24.9 Å². The minimum atomic E-state index is -0.283. The van der Waals surface area contributed by atoms with Crippen LogP contribution in [0.3, 0.4) is 0 Å². The molecular formula is C15H20BClO3. The second-order valence-corrected chi connectivity index (χ2v) is 6.99. The van der Waals surface area contributed by atoms with Crippen molar-refractivity contribution in [1.29, 1.82) is 0 Å². The molecule has 108 valence electrons. The molecule has 20 heavy (non-hydrogen) atoms. The highest BCUT2D eigenvalue weighted by atomic mass is 35.5. The molecule has 1 saturated heterocycles. The Balaban J connectivity index is 1.75. The van der Waals surface area contributed by atoms with Gasteiger partial charge in [0.25, 0.3) is 0 Å². The summed E-state index contributed by atoms with van der Waals surface area (Å²) in [6, 6.07) is 5.90. The molecule has 0 radical (unpaired) electrons. The summed E-state index contributed by atoms with van der Waals surface area (Å²) in [5.74, 6) is 1.09. The van der Waals surface area contributed by atoms with Crippen LogP contribution in [0.4, 0.5) is 0 Å². The monoisotopic (exact) mass is 294 g/mol. The van der Waals surface area contributed by atoms with Crippen molar-refractivity contribution in [2.45, 2.75) is 51.1 Å². The first kappa shape index (κ1) is 14.2. The van der Waals surface area contributed by atoms with E-state index in [-0.39, 0.29) is 24.2 Å². The Labute approximate surface area is 125 Å². The molecule has 2 aliphatic heterocycles. The van der Waals surface area contributed by atoms with E-state index in [9.17, 15) is 0 Å². The van der Waals surface area contributed by atoms with Crippen LogP contribution in [0.2, 0.25) is 11.3 Å². The number of rotatable bonds is 2. The standard InChI is InChI=1S/C15H20BClO3/c1-14(2)15(3,4)20-16(19-14)8-10-9-18-13-11(10)6-5-7-12(13)17/h5-7,10H,8-9H2,1-4H3/t10-/m0/s1. The van der Waals surface area contributed by atoms with Gasteiger partial charge >= 0.3 is 7.12 Å². The number of para-hydroxylation sites is 1. The lowest BCUT2D eigenvalue weighted by atomic mass is 9.75. The molecule has 1 fully saturated rings. The van der Waals surface area contributed by atoms with Gasteiger partial charge < -0.3 is 14.0 Å². The fourth-order valence-electron chi connectivity index (χ4n) is 2.76. The van der Waals surface area contributed by atoms with Crippen molar-refractivity contribution in [3.63, 3.8) is 0 Å². The summed E-state index contributed by atoms with van der Waals surface area (Å²) >= 11 is 6.15. The molecule has 0 aliphatic carbocycles. The van der Waals surface area contributed by atoms with E-state index in [4.69, 9.17) is 25.6 Å². The molecule has 0 spiro atoms. The van der Waals surface area contributed by atoms with Crippen LogP contribution in [0.15, 0.2) is 18.2 Å². The zero-order chi connectivity index (χ0) is 14.5. The molecule has 1 aromatic carbocycles. The smallest absolute Gasteiger partial charge is 0.458 e. The van der Waals surface area contributed by atoms with Crippen LogP contribution in [0.1, 0.15) is 39.2 Å². The lowest BCUT2D eigenvalue weighted by Crippen LogP contribution is -2.41. The lowest BCUT2D eigenvalue weighted by Gasteiger charge is -2.32. The Morgan fingerprint density at radius 3 is 2.50 bits per heavy atom. The molecule has 0 aromatic heterocycles. The molecule has 5 heteroatoms. The summed E-state index contributed by atoms with van der Waals surface area (Å²) in [5.41, 5.74) is 0.593. The summed E-state index contributed by atoms with van der Waals surface area (Å²) in [6.45, 7) is 8.93. The van der Waals surface area contributed by atoms with Crippen molar-refractivity contribution in [3.05, 3.63) is 28.8 Å². The van der Waals surface area contributed by atoms with Crippen LogP contribution in [0, 0.1) is 0 Å². The second-order valence-electron chi connectivity index (χ2n) is 6.59. The summed E-state index contributed by atoms with van der Waals surface area (Å²) in [7, 11) is -0.196. The van der Waals surface area contributed by atoms with Crippen molar-refractivity contribution in [3.8, 4) is 5.75 Å². The van der Waals surface area contributed by atoms with Crippen LogP contribution >= 0.6 is 11.6 Å². The highest BCUT2D eigenvalue weighted by Gasteiger charge is 2.51. The number of hydrogen-bond donors (Lipinski definition) is 0. The van der Waals surface area contributed by atoms with Gasteiger partial charge in [0.05, 0.1) is 22.8 Å². The maximum Gasteiger partial charge on any atom is 0.458 e. The molecule has 0 amide bonds. The highest BCUT2D eigenvalue weighted by Crippen LogP contribution is 2.44. The highest BCUT2D eigenvalue weighted by molar-refractivity contribution is 6.45. The van der Waals surface area contributed by atoms with Gasteiger partial charge in [-0.15, -0.1) is 0 Å². The first-order valence-electron chi connectivity index (χ1n) is 7.07. The van der Waals surface area contributed by atoms with Gasteiger partial charge in [-0.3, -0.25) is 0 Å². The molecule has 3 nitrogen and oxygen atoms in total. The van der Waals surface area contributed by atoms with E-state index in [2.05, 4.69) is 33.8 Å². The molecule has 0 bridgehead atoms. The van der Waals surface area contributed by atoms with Gasteiger partial charge in [-0.05, 0) is 40.1 Å². The second kappa shape index (κ2) is 4.65. The number of benzene rings is 1. The summed E-state index contributed by atoms with van der Waals surface area (Å²) < 4.78 is 17.8. The van der Waals surface area contributed by atoms with Gasteiger partial charge in [0.15, 0.2) is 0 Å². The van der Waals surface area contributed by atoms with Crippen LogP contribution < -0.4 is 4.74 Å². The third-order valence-electron chi connectivity index (χ3n) is 4.65. The fraction of sp³-hybridized carbons (Fsp3) is 0.600. The van der Waals surface area contributed by atoms with Crippen LogP contribution in [-0.2, 0) is 9.31 Å². The zero-order valence-corrected chi connectivity index (χ0v) is 13.2. The van der Waals surface area contributed by atoms with Gasteiger partial charge in [0, 0.05) is 11.5 Å². The largest absolute Gasteiger partial charge is 0.491 e. The molecule has 0 unspecified atom stereocenters. The van der Waals surface area contributed by atoms with E-state index in [1.54, 1.807) is 0 Å². The third kappa shape index (κ3) is 2.24. The third-order valence-corrected chi connectivity index (χ3v) is 4.94.